The molecule has 2 rings (SSSR count). The standard InChI is InChI=1S/C19H31N3O3.HI/c1-7-20-18(22-9-8-19(2,3)13-22)21-12-14-10-16(24-5)17(25-6)11-15(14)23-4;/h10-11H,7-9,12-13H2,1-6H3,(H,20,21);1H. The normalized spacial score (nSPS) is 16.1. The first-order valence-corrected chi connectivity index (χ1v) is 8.76. The van der Waals surface area contributed by atoms with Crippen LogP contribution in [0.25, 0.3) is 0 Å². The van der Waals surface area contributed by atoms with Crippen molar-refractivity contribution in [1.82, 2.24) is 10.2 Å². The van der Waals surface area contributed by atoms with Gasteiger partial charge in [-0.25, -0.2) is 4.99 Å². The van der Waals surface area contributed by atoms with Crippen molar-refractivity contribution in [2.45, 2.75) is 33.7 Å². The molecule has 1 aromatic rings. The van der Waals surface area contributed by atoms with Crippen LogP contribution in [-0.4, -0.2) is 51.8 Å². The molecule has 148 valence electrons. The summed E-state index contributed by atoms with van der Waals surface area (Å²) in [5, 5.41) is 3.40. The Morgan fingerprint density at radius 1 is 1.12 bits per heavy atom. The number of guanidine groups is 1. The zero-order valence-corrected chi connectivity index (χ0v) is 19.0. The molecule has 1 aromatic carbocycles. The Morgan fingerprint density at radius 2 is 1.73 bits per heavy atom. The summed E-state index contributed by atoms with van der Waals surface area (Å²) in [5.74, 6) is 3.03. The number of likely N-dealkylation sites (tertiary alicyclic amines) is 1. The summed E-state index contributed by atoms with van der Waals surface area (Å²) in [5.41, 5.74) is 1.30. The van der Waals surface area contributed by atoms with Crippen LogP contribution in [0.5, 0.6) is 17.2 Å². The Bertz CT molecular complexity index is 620. The Kier molecular flexibility index (Phi) is 8.79. The summed E-state index contributed by atoms with van der Waals surface area (Å²) in [6.45, 7) is 10.1. The van der Waals surface area contributed by atoms with Crippen molar-refractivity contribution in [1.29, 1.82) is 0 Å². The van der Waals surface area contributed by atoms with Gasteiger partial charge < -0.3 is 24.4 Å². The first-order chi connectivity index (χ1) is 11.9. The number of rotatable bonds is 6. The van der Waals surface area contributed by atoms with Gasteiger partial charge in [-0.05, 0) is 24.8 Å². The lowest BCUT2D eigenvalue weighted by atomic mass is 9.93. The van der Waals surface area contributed by atoms with Gasteiger partial charge in [0.05, 0.1) is 27.9 Å². The van der Waals surface area contributed by atoms with E-state index in [-0.39, 0.29) is 24.0 Å². The second-order valence-electron chi connectivity index (χ2n) is 7.02. The number of ether oxygens (including phenoxy) is 3. The summed E-state index contributed by atoms with van der Waals surface area (Å²) < 4.78 is 16.2. The predicted molar refractivity (Wildman–Crippen MR) is 116 cm³/mol. The van der Waals surface area contributed by atoms with Crippen LogP contribution in [0.1, 0.15) is 32.8 Å². The molecule has 0 unspecified atom stereocenters. The molecular weight excluding hydrogens is 445 g/mol. The number of benzene rings is 1. The molecular formula is C19H32IN3O3. The topological polar surface area (TPSA) is 55.3 Å². The lowest BCUT2D eigenvalue weighted by Gasteiger charge is -2.24. The van der Waals surface area contributed by atoms with Crippen LogP contribution in [0, 0.1) is 5.41 Å². The molecule has 7 heteroatoms. The van der Waals surface area contributed by atoms with Gasteiger partial charge >= 0.3 is 0 Å². The Morgan fingerprint density at radius 3 is 2.23 bits per heavy atom. The molecule has 1 aliphatic heterocycles. The largest absolute Gasteiger partial charge is 0.496 e. The van der Waals surface area contributed by atoms with E-state index in [1.54, 1.807) is 21.3 Å². The van der Waals surface area contributed by atoms with Crippen molar-refractivity contribution >= 4 is 29.9 Å². The van der Waals surface area contributed by atoms with Crippen molar-refractivity contribution in [2.24, 2.45) is 10.4 Å². The van der Waals surface area contributed by atoms with E-state index in [4.69, 9.17) is 19.2 Å². The summed E-state index contributed by atoms with van der Waals surface area (Å²) in [6.07, 6.45) is 1.18. The molecule has 1 N–H and O–H groups in total. The Labute approximate surface area is 174 Å². The SMILES string of the molecule is CCNC(=NCc1cc(OC)c(OC)cc1OC)N1CCC(C)(C)C1.I. The minimum Gasteiger partial charge on any atom is -0.496 e. The number of methoxy groups -OCH3 is 3. The molecule has 0 bridgehead atoms. The molecule has 0 spiro atoms. The van der Waals surface area contributed by atoms with Gasteiger partial charge in [-0.2, -0.15) is 0 Å². The molecule has 1 aliphatic rings. The molecule has 0 radical (unpaired) electrons. The number of hydrogen-bond acceptors (Lipinski definition) is 4. The predicted octanol–water partition coefficient (Wildman–Crippen LogP) is 3.53. The van der Waals surface area contributed by atoms with Crippen LogP contribution in [0.3, 0.4) is 0 Å². The molecule has 0 aromatic heterocycles. The maximum absolute atomic E-state index is 5.50. The van der Waals surface area contributed by atoms with Crippen LogP contribution in [0.4, 0.5) is 0 Å². The summed E-state index contributed by atoms with van der Waals surface area (Å²) in [6, 6.07) is 3.77. The van der Waals surface area contributed by atoms with E-state index in [0.29, 0.717) is 23.5 Å². The highest BCUT2D eigenvalue weighted by molar-refractivity contribution is 14.0. The minimum absolute atomic E-state index is 0. The third-order valence-electron chi connectivity index (χ3n) is 4.50. The fraction of sp³-hybridized carbons (Fsp3) is 0.632. The summed E-state index contributed by atoms with van der Waals surface area (Å²) >= 11 is 0. The van der Waals surface area contributed by atoms with E-state index in [0.717, 1.165) is 36.9 Å². The maximum atomic E-state index is 5.50. The number of nitrogens with zero attached hydrogens (tertiary/aromatic N) is 2. The zero-order chi connectivity index (χ0) is 18.4. The van der Waals surface area contributed by atoms with Crippen molar-refractivity contribution in [3.05, 3.63) is 17.7 Å². The van der Waals surface area contributed by atoms with Crippen molar-refractivity contribution < 1.29 is 14.2 Å². The van der Waals surface area contributed by atoms with Gasteiger partial charge in [0, 0.05) is 31.3 Å². The van der Waals surface area contributed by atoms with E-state index in [1.807, 2.05) is 12.1 Å². The van der Waals surface area contributed by atoms with Crippen molar-refractivity contribution in [2.75, 3.05) is 41.0 Å². The van der Waals surface area contributed by atoms with Gasteiger partial charge in [-0.3, -0.25) is 0 Å². The fourth-order valence-electron chi connectivity index (χ4n) is 3.10. The van der Waals surface area contributed by atoms with Crippen LogP contribution < -0.4 is 19.5 Å². The number of nitrogens with one attached hydrogen (secondary N) is 1. The number of aliphatic imine (C=N–C) groups is 1. The lowest BCUT2D eigenvalue weighted by molar-refractivity contribution is 0.347. The quantitative estimate of drug-likeness (QED) is 0.386. The minimum atomic E-state index is 0. The van der Waals surface area contributed by atoms with Crippen molar-refractivity contribution in [3.63, 3.8) is 0 Å². The van der Waals surface area contributed by atoms with Gasteiger partial charge in [-0.1, -0.05) is 13.8 Å². The number of hydrogen-bond donors (Lipinski definition) is 1. The first kappa shape index (κ1) is 22.7. The molecule has 0 atom stereocenters. The van der Waals surface area contributed by atoms with E-state index in [2.05, 4.69) is 31.0 Å². The van der Waals surface area contributed by atoms with Crippen LogP contribution >= 0.6 is 24.0 Å². The van der Waals surface area contributed by atoms with Crippen LogP contribution in [-0.2, 0) is 6.54 Å². The first-order valence-electron chi connectivity index (χ1n) is 8.76. The molecule has 0 saturated carbocycles. The van der Waals surface area contributed by atoms with E-state index in [9.17, 15) is 0 Å². The lowest BCUT2D eigenvalue weighted by Crippen LogP contribution is -2.40. The molecule has 6 nitrogen and oxygen atoms in total. The molecule has 1 fully saturated rings. The third kappa shape index (κ3) is 5.56. The second kappa shape index (κ2) is 10.1. The third-order valence-corrected chi connectivity index (χ3v) is 4.50. The van der Waals surface area contributed by atoms with Crippen molar-refractivity contribution in [3.8, 4) is 17.2 Å². The van der Waals surface area contributed by atoms with Gasteiger partial charge in [0.2, 0.25) is 0 Å². The molecule has 1 heterocycles. The number of halogens is 1. The molecule has 0 aliphatic carbocycles. The van der Waals surface area contributed by atoms with Gasteiger partial charge in [0.25, 0.3) is 0 Å². The van der Waals surface area contributed by atoms with Gasteiger partial charge in [0.1, 0.15) is 5.75 Å². The maximum Gasteiger partial charge on any atom is 0.194 e. The summed E-state index contributed by atoms with van der Waals surface area (Å²) in [7, 11) is 4.91. The summed E-state index contributed by atoms with van der Waals surface area (Å²) in [4.78, 5) is 7.16. The van der Waals surface area contributed by atoms with Gasteiger partial charge in [-0.15, -0.1) is 24.0 Å². The molecule has 0 amide bonds. The monoisotopic (exact) mass is 477 g/mol. The highest BCUT2D eigenvalue weighted by Crippen LogP contribution is 2.35. The van der Waals surface area contributed by atoms with E-state index < -0.39 is 0 Å². The van der Waals surface area contributed by atoms with E-state index in [1.165, 1.54) is 6.42 Å². The average Bonchev–Trinajstić information content (AvgIpc) is 2.97. The Balaban J connectivity index is 0.00000338. The van der Waals surface area contributed by atoms with E-state index >= 15 is 0 Å². The highest BCUT2D eigenvalue weighted by Gasteiger charge is 2.30. The van der Waals surface area contributed by atoms with Crippen LogP contribution in [0.15, 0.2) is 17.1 Å². The fourth-order valence-corrected chi connectivity index (χ4v) is 3.10. The Hall–Kier alpha value is -1.38. The molecule has 1 saturated heterocycles. The van der Waals surface area contributed by atoms with Crippen LogP contribution in [0.2, 0.25) is 0 Å². The molecule has 26 heavy (non-hydrogen) atoms. The van der Waals surface area contributed by atoms with Gasteiger partial charge in [0.15, 0.2) is 17.5 Å². The zero-order valence-electron chi connectivity index (χ0n) is 16.7. The average molecular weight is 477 g/mol. The second-order valence-corrected chi connectivity index (χ2v) is 7.02. The highest BCUT2D eigenvalue weighted by atomic mass is 127. The smallest absolute Gasteiger partial charge is 0.194 e.